The number of hydrogen-bond acceptors (Lipinski definition) is 6. The van der Waals surface area contributed by atoms with Crippen molar-refractivity contribution in [2.24, 2.45) is 0 Å². The van der Waals surface area contributed by atoms with Crippen molar-refractivity contribution in [1.29, 1.82) is 0 Å². The number of benzene rings is 1. The highest BCUT2D eigenvalue weighted by Gasteiger charge is 2.29. The largest absolute Gasteiger partial charge is 0.356 e. The number of anilines is 1. The van der Waals surface area contributed by atoms with Crippen molar-refractivity contribution in [1.82, 2.24) is 15.5 Å². The molecule has 0 aliphatic carbocycles. The number of amides is 1. The molecule has 130 valence electrons. The maximum atomic E-state index is 12.9. The van der Waals surface area contributed by atoms with Crippen molar-refractivity contribution in [3.05, 3.63) is 35.3 Å². The molecule has 0 aliphatic heterocycles. The van der Waals surface area contributed by atoms with Gasteiger partial charge in [0.05, 0.1) is 4.90 Å². The lowest BCUT2D eigenvalue weighted by atomic mass is 10.1. The van der Waals surface area contributed by atoms with Crippen molar-refractivity contribution in [3.8, 4) is 0 Å². The number of sulfonamides is 1. The van der Waals surface area contributed by atoms with E-state index in [-0.39, 0.29) is 16.8 Å². The first-order chi connectivity index (χ1) is 11.3. The summed E-state index contributed by atoms with van der Waals surface area (Å²) < 4.78 is 27.1. The van der Waals surface area contributed by atoms with Crippen molar-refractivity contribution in [2.75, 3.05) is 10.8 Å². The van der Waals surface area contributed by atoms with Crippen LogP contribution in [0.25, 0.3) is 0 Å². The Kier molecular flexibility index (Phi) is 5.89. The molecule has 1 aromatic carbocycles. The van der Waals surface area contributed by atoms with Crippen LogP contribution in [0.4, 0.5) is 5.13 Å². The summed E-state index contributed by atoms with van der Waals surface area (Å²) in [6.07, 6.45) is 0.643. The Balaban J connectivity index is 2.21. The predicted octanol–water partition coefficient (Wildman–Crippen LogP) is 1.82. The van der Waals surface area contributed by atoms with E-state index in [1.54, 1.807) is 38.1 Å². The standard InChI is InChI=1S/C15H20N4O3S2/c1-11(2)19(15-18-17-10-23-15)24(21,22)14-6-4-13(5-7-14)8-9-16-12(3)20/h4-7,10-11H,8-9H2,1-3H3,(H,16,20). The van der Waals surface area contributed by atoms with Crippen molar-refractivity contribution >= 4 is 32.4 Å². The number of carbonyl (C=O) groups excluding carboxylic acids is 1. The molecule has 2 rings (SSSR count). The van der Waals surface area contributed by atoms with E-state index in [2.05, 4.69) is 15.5 Å². The molecule has 1 amide bonds. The third-order valence-corrected chi connectivity index (χ3v) is 6.06. The quantitative estimate of drug-likeness (QED) is 0.805. The Morgan fingerprint density at radius 1 is 1.29 bits per heavy atom. The van der Waals surface area contributed by atoms with Gasteiger partial charge in [0.15, 0.2) is 0 Å². The zero-order valence-corrected chi connectivity index (χ0v) is 15.4. The average molecular weight is 368 g/mol. The van der Waals surface area contributed by atoms with Crippen LogP contribution < -0.4 is 9.62 Å². The van der Waals surface area contributed by atoms with Gasteiger partial charge in [-0.1, -0.05) is 23.5 Å². The second-order valence-corrected chi connectivity index (χ2v) is 8.12. The lowest BCUT2D eigenvalue weighted by molar-refractivity contribution is -0.118. The first-order valence-electron chi connectivity index (χ1n) is 7.46. The van der Waals surface area contributed by atoms with E-state index in [9.17, 15) is 13.2 Å². The predicted molar refractivity (Wildman–Crippen MR) is 93.5 cm³/mol. The molecule has 0 saturated carbocycles. The van der Waals surface area contributed by atoms with Gasteiger partial charge in [-0.15, -0.1) is 10.2 Å². The molecule has 0 saturated heterocycles. The van der Waals surface area contributed by atoms with Gasteiger partial charge in [-0.25, -0.2) is 12.7 Å². The van der Waals surface area contributed by atoms with E-state index < -0.39 is 10.0 Å². The highest BCUT2D eigenvalue weighted by Crippen LogP contribution is 2.27. The molecule has 0 fully saturated rings. The molecule has 1 aromatic heterocycles. The fourth-order valence-corrected chi connectivity index (χ4v) is 4.71. The summed E-state index contributed by atoms with van der Waals surface area (Å²) in [6, 6.07) is 6.40. The molecule has 9 heteroatoms. The molecular formula is C15H20N4O3S2. The third-order valence-electron chi connectivity index (χ3n) is 3.27. The molecule has 1 heterocycles. The van der Waals surface area contributed by atoms with Crippen LogP contribution in [-0.4, -0.2) is 37.1 Å². The van der Waals surface area contributed by atoms with Crippen LogP contribution in [0.1, 0.15) is 26.3 Å². The second kappa shape index (κ2) is 7.71. The minimum absolute atomic E-state index is 0.0844. The topological polar surface area (TPSA) is 92.3 Å². The molecule has 2 aromatic rings. The number of aromatic nitrogens is 2. The van der Waals surface area contributed by atoms with Crippen LogP contribution in [0, 0.1) is 0 Å². The minimum Gasteiger partial charge on any atom is -0.356 e. The summed E-state index contributed by atoms with van der Waals surface area (Å²) in [5.74, 6) is -0.0844. The molecule has 0 unspecified atom stereocenters. The summed E-state index contributed by atoms with van der Waals surface area (Å²) in [7, 11) is -3.70. The second-order valence-electron chi connectivity index (χ2n) is 5.49. The third kappa shape index (κ3) is 4.30. The first kappa shape index (κ1) is 18.3. The SMILES string of the molecule is CC(=O)NCCc1ccc(S(=O)(=O)N(c2nncs2)C(C)C)cc1. The normalized spacial score (nSPS) is 11.5. The Hall–Kier alpha value is -2.00. The van der Waals surface area contributed by atoms with E-state index >= 15 is 0 Å². The lowest BCUT2D eigenvalue weighted by Crippen LogP contribution is -2.37. The monoisotopic (exact) mass is 368 g/mol. The van der Waals surface area contributed by atoms with Crippen LogP contribution in [0.2, 0.25) is 0 Å². The number of rotatable bonds is 7. The van der Waals surface area contributed by atoms with Gasteiger partial charge in [0, 0.05) is 19.5 Å². The fourth-order valence-electron chi connectivity index (χ4n) is 2.19. The van der Waals surface area contributed by atoms with Crippen molar-refractivity contribution in [2.45, 2.75) is 38.1 Å². The van der Waals surface area contributed by atoms with Gasteiger partial charge in [0.25, 0.3) is 10.0 Å². The van der Waals surface area contributed by atoms with E-state index in [1.807, 2.05) is 0 Å². The van der Waals surface area contributed by atoms with Crippen LogP contribution >= 0.6 is 11.3 Å². The summed E-state index contributed by atoms with van der Waals surface area (Å²) in [5, 5.41) is 10.7. The number of carbonyl (C=O) groups is 1. The Morgan fingerprint density at radius 3 is 2.46 bits per heavy atom. The van der Waals surface area contributed by atoms with Crippen LogP contribution in [-0.2, 0) is 21.2 Å². The molecule has 7 nitrogen and oxygen atoms in total. The number of nitrogens with one attached hydrogen (secondary N) is 1. The highest BCUT2D eigenvalue weighted by molar-refractivity contribution is 7.93. The maximum absolute atomic E-state index is 12.9. The zero-order valence-electron chi connectivity index (χ0n) is 13.8. The fraction of sp³-hybridized carbons (Fsp3) is 0.400. The van der Waals surface area contributed by atoms with Crippen molar-refractivity contribution in [3.63, 3.8) is 0 Å². The summed E-state index contributed by atoms with van der Waals surface area (Å²) in [4.78, 5) is 11.1. The van der Waals surface area contributed by atoms with Gasteiger partial charge in [0.1, 0.15) is 5.51 Å². The summed E-state index contributed by atoms with van der Waals surface area (Å²) in [6.45, 7) is 5.56. The Morgan fingerprint density at radius 2 is 1.96 bits per heavy atom. The van der Waals surface area contributed by atoms with E-state index in [1.165, 1.54) is 28.1 Å². The Labute approximate surface area is 145 Å². The molecule has 1 N–H and O–H groups in total. The molecule has 0 spiro atoms. The van der Waals surface area contributed by atoms with Crippen LogP contribution in [0.3, 0.4) is 0 Å². The van der Waals surface area contributed by atoms with Gasteiger partial charge in [-0.05, 0) is 38.0 Å². The number of nitrogens with zero attached hydrogens (tertiary/aromatic N) is 3. The Bertz CT molecular complexity index is 772. The minimum atomic E-state index is -3.70. The van der Waals surface area contributed by atoms with Gasteiger partial charge in [-0.3, -0.25) is 4.79 Å². The van der Waals surface area contributed by atoms with Gasteiger partial charge < -0.3 is 5.32 Å². The van der Waals surface area contributed by atoms with Gasteiger partial charge >= 0.3 is 0 Å². The van der Waals surface area contributed by atoms with E-state index in [0.29, 0.717) is 18.1 Å². The van der Waals surface area contributed by atoms with Gasteiger partial charge in [-0.2, -0.15) is 0 Å². The van der Waals surface area contributed by atoms with E-state index in [0.717, 1.165) is 5.56 Å². The molecular weight excluding hydrogens is 348 g/mol. The summed E-state index contributed by atoms with van der Waals surface area (Å²) in [5.41, 5.74) is 2.46. The van der Waals surface area contributed by atoms with Crippen molar-refractivity contribution < 1.29 is 13.2 Å². The van der Waals surface area contributed by atoms with E-state index in [4.69, 9.17) is 0 Å². The first-order valence-corrected chi connectivity index (χ1v) is 9.78. The van der Waals surface area contributed by atoms with Crippen LogP contribution in [0.5, 0.6) is 0 Å². The molecule has 0 bridgehead atoms. The smallest absolute Gasteiger partial charge is 0.266 e. The maximum Gasteiger partial charge on any atom is 0.266 e. The summed E-state index contributed by atoms with van der Waals surface area (Å²) >= 11 is 1.18. The molecule has 0 aliphatic rings. The lowest BCUT2D eigenvalue weighted by Gasteiger charge is -2.25. The molecule has 0 radical (unpaired) electrons. The molecule has 0 atom stereocenters. The van der Waals surface area contributed by atoms with Gasteiger partial charge in [0.2, 0.25) is 11.0 Å². The average Bonchev–Trinajstić information content (AvgIpc) is 3.00. The highest BCUT2D eigenvalue weighted by atomic mass is 32.2. The molecule has 24 heavy (non-hydrogen) atoms. The zero-order chi connectivity index (χ0) is 17.7. The number of hydrogen-bond donors (Lipinski definition) is 1. The van der Waals surface area contributed by atoms with Crippen LogP contribution in [0.15, 0.2) is 34.7 Å².